The van der Waals surface area contributed by atoms with Gasteiger partial charge in [-0.15, -0.1) is 0 Å². The second kappa shape index (κ2) is 12.8. The van der Waals surface area contributed by atoms with Gasteiger partial charge in [0.05, 0.1) is 6.21 Å². The first-order chi connectivity index (χ1) is 17.7. The zero-order chi connectivity index (χ0) is 25.0. The molecule has 0 spiro atoms. The summed E-state index contributed by atoms with van der Waals surface area (Å²) in [6.07, 6.45) is 0.845. The van der Waals surface area contributed by atoms with Crippen LogP contribution in [-0.4, -0.2) is 18.2 Å². The van der Waals surface area contributed by atoms with E-state index in [4.69, 9.17) is 14.2 Å². The van der Waals surface area contributed by atoms with Gasteiger partial charge in [-0.05, 0) is 60.0 Å². The van der Waals surface area contributed by atoms with Crippen LogP contribution >= 0.6 is 0 Å². The van der Waals surface area contributed by atoms with Gasteiger partial charge < -0.3 is 14.2 Å². The van der Waals surface area contributed by atoms with Crippen molar-refractivity contribution in [2.45, 2.75) is 26.2 Å². The Bertz CT molecular complexity index is 1260. The van der Waals surface area contributed by atoms with Crippen molar-refractivity contribution in [2.24, 2.45) is 5.10 Å². The molecule has 0 fully saturated rings. The van der Waals surface area contributed by atoms with Gasteiger partial charge in [-0.2, -0.15) is 5.10 Å². The molecule has 0 bridgehead atoms. The van der Waals surface area contributed by atoms with E-state index in [0.717, 1.165) is 28.2 Å². The van der Waals surface area contributed by atoms with Crippen molar-refractivity contribution in [1.29, 1.82) is 0 Å². The van der Waals surface area contributed by atoms with E-state index in [9.17, 15) is 4.79 Å². The van der Waals surface area contributed by atoms with E-state index in [0.29, 0.717) is 19.0 Å². The fraction of sp³-hybridized carbons (Fsp3) is 0.133. The third-order valence-electron chi connectivity index (χ3n) is 5.25. The molecule has 36 heavy (non-hydrogen) atoms. The average molecular weight is 481 g/mol. The van der Waals surface area contributed by atoms with Gasteiger partial charge in [-0.1, -0.05) is 72.8 Å². The molecule has 6 nitrogen and oxygen atoms in total. The highest BCUT2D eigenvalue weighted by Crippen LogP contribution is 2.20. The Morgan fingerprint density at radius 3 is 1.97 bits per heavy atom. The third kappa shape index (κ3) is 7.74. The minimum Gasteiger partial charge on any atom is -0.489 e. The molecule has 0 saturated carbocycles. The zero-order valence-corrected chi connectivity index (χ0v) is 20.0. The molecule has 6 heteroatoms. The fourth-order valence-corrected chi connectivity index (χ4v) is 3.30. The lowest BCUT2D eigenvalue weighted by Crippen LogP contribution is -2.33. The summed E-state index contributed by atoms with van der Waals surface area (Å²) in [7, 11) is 0. The van der Waals surface area contributed by atoms with Crippen LogP contribution in [0.2, 0.25) is 0 Å². The first kappa shape index (κ1) is 24.5. The van der Waals surface area contributed by atoms with Crippen LogP contribution in [0.1, 0.15) is 23.6 Å². The number of nitrogens with one attached hydrogen (secondary N) is 1. The van der Waals surface area contributed by atoms with Gasteiger partial charge in [0.1, 0.15) is 30.5 Å². The summed E-state index contributed by atoms with van der Waals surface area (Å²) in [5.41, 5.74) is 5.51. The highest BCUT2D eigenvalue weighted by Gasteiger charge is 2.14. The van der Waals surface area contributed by atoms with E-state index < -0.39 is 6.10 Å². The summed E-state index contributed by atoms with van der Waals surface area (Å²) in [6, 6.07) is 34.6. The maximum Gasteiger partial charge on any atom is 0.280 e. The predicted octanol–water partition coefficient (Wildman–Crippen LogP) is 5.76. The molecule has 1 unspecified atom stereocenters. The zero-order valence-electron chi connectivity index (χ0n) is 20.0. The number of hydrazone groups is 1. The highest BCUT2D eigenvalue weighted by molar-refractivity contribution is 5.84. The number of carbonyl (C=O) groups is 1. The lowest BCUT2D eigenvalue weighted by atomic mass is 10.2. The standard InChI is InChI=1S/C30H28N2O4/c1-23(36-28-17-15-27(16-18-28)34-21-24-9-4-2-5-10-24)30(33)32-31-20-26-13-8-14-29(19-26)35-22-25-11-6-3-7-12-25/h2-20,23H,21-22H2,1H3,(H,32,33). The number of amides is 1. The van der Waals surface area contributed by atoms with Crippen LogP contribution in [0.25, 0.3) is 0 Å². The summed E-state index contributed by atoms with van der Waals surface area (Å²) >= 11 is 0. The van der Waals surface area contributed by atoms with Crippen molar-refractivity contribution in [1.82, 2.24) is 5.43 Å². The molecule has 0 heterocycles. The molecule has 1 amide bonds. The molecule has 0 aliphatic heterocycles. The predicted molar refractivity (Wildman–Crippen MR) is 140 cm³/mol. The molecule has 4 aromatic carbocycles. The van der Waals surface area contributed by atoms with Crippen LogP contribution in [0, 0.1) is 0 Å². The summed E-state index contributed by atoms with van der Waals surface area (Å²) in [5.74, 6) is 1.66. The molecule has 1 N–H and O–H groups in total. The smallest absolute Gasteiger partial charge is 0.280 e. The first-order valence-corrected chi connectivity index (χ1v) is 11.7. The minimum atomic E-state index is -0.723. The Kier molecular flexibility index (Phi) is 8.70. The number of hydrogen-bond acceptors (Lipinski definition) is 5. The summed E-state index contributed by atoms with van der Waals surface area (Å²) in [6.45, 7) is 2.63. The van der Waals surface area contributed by atoms with E-state index in [1.165, 1.54) is 0 Å². The van der Waals surface area contributed by atoms with Crippen LogP contribution in [0.4, 0.5) is 0 Å². The Morgan fingerprint density at radius 1 is 0.750 bits per heavy atom. The number of nitrogens with zero attached hydrogens (tertiary/aromatic N) is 1. The van der Waals surface area contributed by atoms with Crippen molar-refractivity contribution in [3.8, 4) is 17.2 Å². The van der Waals surface area contributed by atoms with Crippen LogP contribution in [0.3, 0.4) is 0 Å². The van der Waals surface area contributed by atoms with Gasteiger partial charge >= 0.3 is 0 Å². The molecular formula is C30H28N2O4. The number of carbonyl (C=O) groups excluding carboxylic acids is 1. The first-order valence-electron chi connectivity index (χ1n) is 11.7. The van der Waals surface area contributed by atoms with Crippen molar-refractivity contribution in [2.75, 3.05) is 0 Å². The fourth-order valence-electron chi connectivity index (χ4n) is 3.30. The van der Waals surface area contributed by atoms with Gasteiger partial charge in [0.2, 0.25) is 0 Å². The van der Waals surface area contributed by atoms with Gasteiger partial charge in [0.25, 0.3) is 5.91 Å². The Labute approximate surface area is 211 Å². The highest BCUT2D eigenvalue weighted by atomic mass is 16.5. The molecule has 0 radical (unpaired) electrons. The average Bonchev–Trinajstić information content (AvgIpc) is 2.93. The van der Waals surface area contributed by atoms with Crippen LogP contribution in [0.15, 0.2) is 114 Å². The van der Waals surface area contributed by atoms with Crippen LogP contribution in [0.5, 0.6) is 17.2 Å². The molecule has 182 valence electrons. The van der Waals surface area contributed by atoms with E-state index >= 15 is 0 Å². The van der Waals surface area contributed by atoms with Crippen molar-refractivity contribution in [3.63, 3.8) is 0 Å². The van der Waals surface area contributed by atoms with Gasteiger partial charge in [-0.3, -0.25) is 4.79 Å². The lowest BCUT2D eigenvalue weighted by Gasteiger charge is -2.13. The van der Waals surface area contributed by atoms with E-state index in [-0.39, 0.29) is 5.91 Å². The quantitative estimate of drug-likeness (QED) is 0.219. The SMILES string of the molecule is CC(Oc1ccc(OCc2ccccc2)cc1)C(=O)NN=Cc1cccc(OCc2ccccc2)c1. The third-order valence-corrected chi connectivity index (χ3v) is 5.25. The second-order valence-corrected chi connectivity index (χ2v) is 8.09. The largest absolute Gasteiger partial charge is 0.489 e. The van der Waals surface area contributed by atoms with Crippen molar-refractivity contribution in [3.05, 3.63) is 126 Å². The topological polar surface area (TPSA) is 69.2 Å². The maximum absolute atomic E-state index is 12.4. The van der Waals surface area contributed by atoms with E-state index in [2.05, 4.69) is 10.5 Å². The van der Waals surface area contributed by atoms with E-state index in [1.54, 1.807) is 25.3 Å². The second-order valence-electron chi connectivity index (χ2n) is 8.09. The van der Waals surface area contributed by atoms with E-state index in [1.807, 2.05) is 97.1 Å². The summed E-state index contributed by atoms with van der Waals surface area (Å²) in [4.78, 5) is 12.4. The lowest BCUT2D eigenvalue weighted by molar-refractivity contribution is -0.127. The number of benzene rings is 4. The summed E-state index contributed by atoms with van der Waals surface area (Å²) < 4.78 is 17.3. The molecule has 4 aromatic rings. The molecule has 1 atom stereocenters. The molecular weight excluding hydrogens is 452 g/mol. The number of ether oxygens (including phenoxy) is 3. The Balaban J connectivity index is 1.22. The normalized spacial score (nSPS) is 11.6. The van der Waals surface area contributed by atoms with Crippen LogP contribution < -0.4 is 19.6 Å². The molecule has 4 rings (SSSR count). The van der Waals surface area contributed by atoms with Crippen molar-refractivity contribution >= 4 is 12.1 Å². The van der Waals surface area contributed by atoms with Gasteiger partial charge in [0, 0.05) is 0 Å². The maximum atomic E-state index is 12.4. The Morgan fingerprint density at radius 2 is 1.33 bits per heavy atom. The number of hydrogen-bond donors (Lipinski definition) is 1. The van der Waals surface area contributed by atoms with Crippen molar-refractivity contribution < 1.29 is 19.0 Å². The molecule has 0 aromatic heterocycles. The molecule has 0 aliphatic carbocycles. The van der Waals surface area contributed by atoms with Crippen LogP contribution in [-0.2, 0) is 18.0 Å². The van der Waals surface area contributed by atoms with Gasteiger partial charge in [0.15, 0.2) is 6.10 Å². The monoisotopic (exact) mass is 480 g/mol. The minimum absolute atomic E-state index is 0.355. The summed E-state index contributed by atoms with van der Waals surface area (Å²) in [5, 5.41) is 4.05. The Hall–Kier alpha value is -4.58. The van der Waals surface area contributed by atoms with Gasteiger partial charge in [-0.25, -0.2) is 5.43 Å². The molecule has 0 saturated heterocycles. The number of rotatable bonds is 11. The molecule has 0 aliphatic rings.